The van der Waals surface area contributed by atoms with E-state index in [2.05, 4.69) is 13.0 Å². The number of carbonyl (C=O) groups is 2. The third-order valence-corrected chi connectivity index (χ3v) is 9.68. The summed E-state index contributed by atoms with van der Waals surface area (Å²) < 4.78 is 24.2. The molecule has 8 heteroatoms. The van der Waals surface area contributed by atoms with Crippen LogP contribution < -0.4 is 0 Å². The number of aliphatic hydroxyl groups excluding tert-OH is 1. The fraction of sp³-hybridized carbons (Fsp3) is 0.655. The molecule has 0 radical (unpaired) electrons. The van der Waals surface area contributed by atoms with E-state index in [0.717, 1.165) is 5.57 Å². The first-order valence-corrected chi connectivity index (χ1v) is 13.3. The molecule has 0 aromatic heterocycles. The summed E-state index contributed by atoms with van der Waals surface area (Å²) in [6.45, 7) is 7.87. The highest BCUT2D eigenvalue weighted by Crippen LogP contribution is 2.73. The van der Waals surface area contributed by atoms with Crippen LogP contribution >= 0.6 is 0 Å². The molecule has 9 unspecified atom stereocenters. The van der Waals surface area contributed by atoms with E-state index < -0.39 is 52.8 Å². The molecule has 6 rings (SSSR count). The summed E-state index contributed by atoms with van der Waals surface area (Å²) in [4.78, 5) is 25.8. The monoisotopic (exact) mass is 514 g/mol. The Morgan fingerprint density at radius 2 is 1.92 bits per heavy atom. The molecule has 0 amide bonds. The molecule has 8 nitrogen and oxygen atoms in total. The number of hydrogen-bond acceptors (Lipinski definition) is 8. The molecule has 4 fully saturated rings. The fourth-order valence-corrected chi connectivity index (χ4v) is 7.42. The van der Waals surface area contributed by atoms with Crippen LogP contribution in [-0.2, 0) is 28.5 Å². The third kappa shape index (κ3) is 4.04. The SMILES string of the molecule is CC1=CC(=O)OCC23CC=C(C)C4CC5(O)C(CC(OC(=O)C=CC=CC(C(C)O)OCC1)C52C)OC43. The zero-order chi connectivity index (χ0) is 26.6. The van der Waals surface area contributed by atoms with Crippen LogP contribution in [0.4, 0.5) is 0 Å². The van der Waals surface area contributed by atoms with Gasteiger partial charge in [0.05, 0.1) is 24.9 Å². The molecule has 37 heavy (non-hydrogen) atoms. The van der Waals surface area contributed by atoms with Gasteiger partial charge in [-0.25, -0.2) is 9.59 Å². The highest BCUT2D eigenvalue weighted by Gasteiger charge is 2.82. The standard InChI is InChI=1S/C29H38O8/c1-17-10-12-34-21(19(3)30)7-5-6-8-24(31)36-22-14-23-29(33)15-20-18(2)9-11-28(26(20)37-23,27(22,29)4)16-35-25(32)13-17/h5-9,13,19-23,26,30,33H,10-12,14-16H2,1-4H3. The lowest BCUT2D eigenvalue weighted by Gasteiger charge is -2.69. The highest BCUT2D eigenvalue weighted by molar-refractivity contribution is 5.83. The fourth-order valence-electron chi connectivity index (χ4n) is 7.42. The van der Waals surface area contributed by atoms with Crippen molar-refractivity contribution in [2.45, 2.75) is 89.5 Å². The lowest BCUT2D eigenvalue weighted by Crippen LogP contribution is -2.77. The molecular formula is C29H38O8. The first-order chi connectivity index (χ1) is 17.5. The van der Waals surface area contributed by atoms with Gasteiger partial charge in [0.25, 0.3) is 0 Å². The predicted molar refractivity (Wildman–Crippen MR) is 134 cm³/mol. The molecule has 0 aromatic carbocycles. The van der Waals surface area contributed by atoms with Crippen molar-refractivity contribution < 1.29 is 38.7 Å². The van der Waals surface area contributed by atoms with E-state index in [0.29, 0.717) is 32.3 Å². The van der Waals surface area contributed by atoms with Crippen molar-refractivity contribution in [3.05, 3.63) is 47.6 Å². The minimum absolute atomic E-state index is 0.0235. The maximum Gasteiger partial charge on any atom is 0.331 e. The molecule has 3 heterocycles. The molecule has 1 spiro atoms. The smallest absolute Gasteiger partial charge is 0.331 e. The summed E-state index contributed by atoms with van der Waals surface area (Å²) in [6, 6.07) is 0. The average molecular weight is 515 g/mol. The Bertz CT molecular complexity index is 1070. The minimum atomic E-state index is -1.21. The summed E-state index contributed by atoms with van der Waals surface area (Å²) >= 11 is 0. The van der Waals surface area contributed by atoms with Crippen LogP contribution in [0.15, 0.2) is 47.6 Å². The van der Waals surface area contributed by atoms with Crippen LogP contribution in [0, 0.1) is 16.7 Å². The predicted octanol–water partition coefficient (Wildman–Crippen LogP) is 2.93. The number of carbonyl (C=O) groups excluding carboxylic acids is 2. The second-order valence-corrected chi connectivity index (χ2v) is 11.6. The Hall–Kier alpha value is -2.26. The van der Waals surface area contributed by atoms with Crippen LogP contribution in [-0.4, -0.2) is 71.5 Å². The molecule has 9 atom stereocenters. The van der Waals surface area contributed by atoms with Crippen molar-refractivity contribution in [1.29, 1.82) is 0 Å². The Labute approximate surface area is 218 Å². The van der Waals surface area contributed by atoms with E-state index in [4.69, 9.17) is 18.9 Å². The number of ether oxygens (including phenoxy) is 4. The normalized spacial score (nSPS) is 44.8. The number of cyclic esters (lactones) is 1. The van der Waals surface area contributed by atoms with Crippen LogP contribution in [0.5, 0.6) is 0 Å². The van der Waals surface area contributed by atoms with Crippen molar-refractivity contribution in [1.82, 2.24) is 0 Å². The topological polar surface area (TPSA) is 112 Å². The van der Waals surface area contributed by atoms with Gasteiger partial charge in [0.15, 0.2) is 0 Å². The van der Waals surface area contributed by atoms with E-state index >= 15 is 0 Å². The van der Waals surface area contributed by atoms with E-state index in [-0.39, 0.29) is 18.6 Å². The maximum atomic E-state index is 12.9. The summed E-state index contributed by atoms with van der Waals surface area (Å²) in [7, 11) is 0. The first-order valence-electron chi connectivity index (χ1n) is 13.3. The van der Waals surface area contributed by atoms with Gasteiger partial charge < -0.3 is 29.2 Å². The molecule has 3 aliphatic heterocycles. The molecule has 2 saturated heterocycles. The van der Waals surface area contributed by atoms with Gasteiger partial charge >= 0.3 is 11.9 Å². The Morgan fingerprint density at radius 1 is 1.14 bits per heavy atom. The minimum Gasteiger partial charge on any atom is -0.462 e. The second-order valence-electron chi connectivity index (χ2n) is 11.6. The first kappa shape index (κ1) is 26.4. The van der Waals surface area contributed by atoms with Crippen molar-refractivity contribution in [3.63, 3.8) is 0 Å². The second kappa shape index (κ2) is 9.49. The molecule has 6 aliphatic rings. The highest BCUT2D eigenvalue weighted by atomic mass is 16.6. The number of aliphatic hydroxyl groups is 2. The molecule has 3 aliphatic carbocycles. The van der Waals surface area contributed by atoms with Gasteiger partial charge in [-0.2, -0.15) is 0 Å². The zero-order valence-electron chi connectivity index (χ0n) is 22.0. The Balaban J connectivity index is 1.52. The summed E-state index contributed by atoms with van der Waals surface area (Å²) in [6.07, 6.45) is 9.22. The lowest BCUT2D eigenvalue weighted by atomic mass is 9.42. The van der Waals surface area contributed by atoms with Gasteiger partial charge in [0, 0.05) is 35.3 Å². The molecule has 202 valence electrons. The average Bonchev–Trinajstić information content (AvgIpc) is 2.98. The van der Waals surface area contributed by atoms with E-state index in [1.165, 1.54) is 17.7 Å². The van der Waals surface area contributed by atoms with Crippen molar-refractivity contribution in [2.24, 2.45) is 16.7 Å². The molecule has 0 aromatic rings. The van der Waals surface area contributed by atoms with Gasteiger partial charge in [-0.15, -0.1) is 0 Å². The van der Waals surface area contributed by atoms with E-state index in [1.807, 2.05) is 13.8 Å². The summed E-state index contributed by atoms with van der Waals surface area (Å²) in [5, 5.41) is 22.2. The van der Waals surface area contributed by atoms with Crippen LogP contribution in [0.3, 0.4) is 0 Å². The largest absolute Gasteiger partial charge is 0.462 e. The van der Waals surface area contributed by atoms with Gasteiger partial charge in [-0.1, -0.05) is 42.4 Å². The van der Waals surface area contributed by atoms with Crippen LogP contribution in [0.1, 0.15) is 53.4 Å². The van der Waals surface area contributed by atoms with E-state index in [9.17, 15) is 19.8 Å². The van der Waals surface area contributed by atoms with Crippen LogP contribution in [0.2, 0.25) is 0 Å². The number of esters is 2. The Morgan fingerprint density at radius 3 is 2.68 bits per heavy atom. The molecular weight excluding hydrogens is 476 g/mol. The number of hydrogen-bond donors (Lipinski definition) is 2. The molecule has 2 N–H and O–H groups in total. The maximum absolute atomic E-state index is 12.9. The van der Waals surface area contributed by atoms with Gasteiger partial charge in [-0.05, 0) is 40.0 Å². The summed E-state index contributed by atoms with van der Waals surface area (Å²) in [5.74, 6) is -0.968. The number of allylic oxidation sites excluding steroid dienone is 3. The van der Waals surface area contributed by atoms with Crippen LogP contribution in [0.25, 0.3) is 0 Å². The lowest BCUT2D eigenvalue weighted by molar-refractivity contribution is -0.343. The van der Waals surface area contributed by atoms with Crippen molar-refractivity contribution in [2.75, 3.05) is 13.2 Å². The molecule has 2 saturated carbocycles. The Kier molecular flexibility index (Phi) is 6.76. The van der Waals surface area contributed by atoms with Gasteiger partial charge in [0.1, 0.15) is 24.4 Å². The quantitative estimate of drug-likeness (QED) is 0.406. The third-order valence-electron chi connectivity index (χ3n) is 9.68. The van der Waals surface area contributed by atoms with Crippen molar-refractivity contribution in [3.8, 4) is 0 Å². The zero-order valence-corrected chi connectivity index (χ0v) is 22.0. The van der Waals surface area contributed by atoms with Gasteiger partial charge in [-0.3, -0.25) is 0 Å². The number of rotatable bonds is 1. The van der Waals surface area contributed by atoms with E-state index in [1.54, 1.807) is 25.2 Å². The molecule has 6 bridgehead atoms. The van der Waals surface area contributed by atoms with Crippen molar-refractivity contribution >= 4 is 11.9 Å². The van der Waals surface area contributed by atoms with Gasteiger partial charge in [0.2, 0.25) is 0 Å². The summed E-state index contributed by atoms with van der Waals surface area (Å²) in [5.41, 5.74) is -0.833.